The summed E-state index contributed by atoms with van der Waals surface area (Å²) >= 11 is 0. The van der Waals surface area contributed by atoms with Gasteiger partial charge in [0.2, 0.25) is 5.91 Å². The average molecular weight is 850 g/mol. The predicted molar refractivity (Wildman–Crippen MR) is 260 cm³/mol. The molecular formula is C54H107NO5. The molecule has 3 atom stereocenters. The van der Waals surface area contributed by atoms with Crippen molar-refractivity contribution in [3.05, 3.63) is 0 Å². The Kier molecular flexibility index (Phi) is 48.0. The smallest absolute Gasteiger partial charge is 0.306 e. The third kappa shape index (κ3) is 43.5. The molecule has 0 aromatic carbocycles. The number of amides is 1. The number of aliphatic hydroxyl groups excluding tert-OH is 2. The summed E-state index contributed by atoms with van der Waals surface area (Å²) in [5, 5.41) is 23.7. The fourth-order valence-corrected chi connectivity index (χ4v) is 8.79. The van der Waals surface area contributed by atoms with Gasteiger partial charge in [0.1, 0.15) is 6.10 Å². The fourth-order valence-electron chi connectivity index (χ4n) is 8.79. The lowest BCUT2D eigenvalue weighted by Gasteiger charge is -2.24. The zero-order chi connectivity index (χ0) is 43.8. The van der Waals surface area contributed by atoms with Crippen LogP contribution in [0.2, 0.25) is 0 Å². The van der Waals surface area contributed by atoms with Crippen LogP contribution in [0.25, 0.3) is 0 Å². The van der Waals surface area contributed by atoms with Crippen LogP contribution in [0, 0.1) is 0 Å². The number of carbonyl (C=O) groups excluding carboxylic acids is 2. The Morgan fingerprint density at radius 2 is 0.700 bits per heavy atom. The second kappa shape index (κ2) is 48.9. The van der Waals surface area contributed by atoms with Gasteiger partial charge in [0, 0.05) is 6.42 Å². The molecule has 0 bridgehead atoms. The van der Waals surface area contributed by atoms with Gasteiger partial charge in [-0.2, -0.15) is 0 Å². The minimum atomic E-state index is -0.778. The molecule has 0 spiro atoms. The topological polar surface area (TPSA) is 95.9 Å². The Morgan fingerprint density at radius 1 is 0.417 bits per heavy atom. The van der Waals surface area contributed by atoms with E-state index in [9.17, 15) is 19.8 Å². The third-order valence-electron chi connectivity index (χ3n) is 12.9. The van der Waals surface area contributed by atoms with Crippen molar-refractivity contribution in [2.75, 3.05) is 6.61 Å². The molecule has 1 amide bonds. The zero-order valence-corrected chi connectivity index (χ0v) is 40.9. The molecule has 0 rings (SSSR count). The van der Waals surface area contributed by atoms with Crippen molar-refractivity contribution in [1.82, 2.24) is 5.32 Å². The molecule has 0 aromatic heterocycles. The molecule has 0 aliphatic rings. The lowest BCUT2D eigenvalue weighted by atomic mass is 10.0. The Balaban J connectivity index is 4.40. The summed E-state index contributed by atoms with van der Waals surface area (Å²) in [5.74, 6) is -0.450. The number of unbranched alkanes of at least 4 members (excludes halogenated alkanes) is 38. The highest BCUT2D eigenvalue weighted by atomic mass is 16.5. The normalized spacial score (nSPS) is 13.1. The van der Waals surface area contributed by atoms with Crippen LogP contribution < -0.4 is 5.32 Å². The largest absolute Gasteiger partial charge is 0.462 e. The molecular weight excluding hydrogens is 743 g/mol. The van der Waals surface area contributed by atoms with E-state index in [0.29, 0.717) is 19.3 Å². The van der Waals surface area contributed by atoms with Crippen molar-refractivity contribution in [2.45, 2.75) is 328 Å². The van der Waals surface area contributed by atoms with Gasteiger partial charge in [0.15, 0.2) is 0 Å². The molecule has 0 aliphatic heterocycles. The van der Waals surface area contributed by atoms with E-state index in [2.05, 4.69) is 26.1 Å². The molecule has 60 heavy (non-hydrogen) atoms. The summed E-state index contributed by atoms with van der Waals surface area (Å²) < 4.78 is 5.94. The molecule has 0 saturated carbocycles. The van der Waals surface area contributed by atoms with Crippen molar-refractivity contribution in [3.63, 3.8) is 0 Å². The number of rotatable bonds is 50. The number of ether oxygens (including phenoxy) is 1. The van der Waals surface area contributed by atoms with Crippen LogP contribution in [0.5, 0.6) is 0 Å². The standard InChI is InChI=1S/C54H107NO5/c1-4-7-10-13-16-19-22-23-24-25-26-27-28-29-32-35-38-41-44-47-54(59)60-50(45-42-39-36-33-30-20-17-14-11-8-5-2)48-53(58)55-51(49-56)52(57)46-43-40-37-34-31-21-18-15-12-9-6-3/h50-52,56-57H,4-49H2,1-3H3,(H,55,58). The van der Waals surface area contributed by atoms with Crippen molar-refractivity contribution in [1.29, 1.82) is 0 Å². The predicted octanol–water partition coefficient (Wildman–Crippen LogP) is 16.4. The van der Waals surface area contributed by atoms with Crippen molar-refractivity contribution in [2.24, 2.45) is 0 Å². The van der Waals surface area contributed by atoms with Gasteiger partial charge in [0.05, 0.1) is 25.2 Å². The Hall–Kier alpha value is -1.14. The molecule has 3 N–H and O–H groups in total. The minimum Gasteiger partial charge on any atom is -0.462 e. The van der Waals surface area contributed by atoms with Crippen LogP contribution in [0.15, 0.2) is 0 Å². The molecule has 0 saturated heterocycles. The maximum Gasteiger partial charge on any atom is 0.306 e. The first-order valence-corrected chi connectivity index (χ1v) is 27.3. The molecule has 0 aromatic rings. The summed E-state index contributed by atoms with van der Waals surface area (Å²) in [7, 11) is 0. The molecule has 0 aliphatic carbocycles. The lowest BCUT2D eigenvalue weighted by Crippen LogP contribution is -2.46. The van der Waals surface area contributed by atoms with E-state index >= 15 is 0 Å². The number of carbonyl (C=O) groups is 2. The van der Waals surface area contributed by atoms with Crippen molar-refractivity contribution < 1.29 is 24.5 Å². The van der Waals surface area contributed by atoms with Crippen LogP contribution in [-0.4, -0.2) is 46.9 Å². The number of aliphatic hydroxyl groups is 2. The summed E-state index contributed by atoms with van der Waals surface area (Å²) in [6.45, 7) is 6.51. The zero-order valence-electron chi connectivity index (χ0n) is 40.9. The van der Waals surface area contributed by atoms with Gasteiger partial charge in [-0.1, -0.05) is 271 Å². The SMILES string of the molecule is CCCCCCCCCCCCCCCCCCCCCC(=O)OC(CCCCCCCCCCCCC)CC(=O)NC(CO)C(O)CCCCCCCCCCCCC. The van der Waals surface area contributed by atoms with E-state index in [4.69, 9.17) is 4.74 Å². The molecule has 358 valence electrons. The van der Waals surface area contributed by atoms with Crippen LogP contribution in [0.1, 0.15) is 310 Å². The summed E-state index contributed by atoms with van der Waals surface area (Å²) in [5.41, 5.74) is 0. The number of hydrogen-bond acceptors (Lipinski definition) is 5. The second-order valence-corrected chi connectivity index (χ2v) is 19.0. The molecule has 0 heterocycles. The van der Waals surface area contributed by atoms with E-state index in [1.165, 1.54) is 225 Å². The van der Waals surface area contributed by atoms with E-state index in [-0.39, 0.29) is 24.9 Å². The molecule has 6 heteroatoms. The Bertz CT molecular complexity index is 867. The summed E-state index contributed by atoms with van der Waals surface area (Å²) in [6, 6.07) is -0.691. The number of esters is 1. The van der Waals surface area contributed by atoms with E-state index in [1.807, 2.05) is 0 Å². The lowest BCUT2D eigenvalue weighted by molar-refractivity contribution is -0.151. The van der Waals surface area contributed by atoms with Gasteiger partial charge < -0.3 is 20.3 Å². The maximum absolute atomic E-state index is 13.2. The fraction of sp³-hybridized carbons (Fsp3) is 0.963. The molecule has 6 nitrogen and oxygen atoms in total. The number of hydrogen-bond donors (Lipinski definition) is 3. The Labute approximate surface area is 375 Å². The number of nitrogens with one attached hydrogen (secondary N) is 1. The van der Waals surface area contributed by atoms with E-state index in [1.54, 1.807) is 0 Å². The van der Waals surface area contributed by atoms with Gasteiger partial charge >= 0.3 is 5.97 Å². The molecule has 0 radical (unpaired) electrons. The molecule has 0 fully saturated rings. The monoisotopic (exact) mass is 850 g/mol. The van der Waals surface area contributed by atoms with Crippen molar-refractivity contribution >= 4 is 11.9 Å². The Morgan fingerprint density at radius 3 is 1.02 bits per heavy atom. The van der Waals surface area contributed by atoms with Crippen LogP contribution >= 0.6 is 0 Å². The van der Waals surface area contributed by atoms with Crippen LogP contribution in [0.3, 0.4) is 0 Å². The first-order chi connectivity index (χ1) is 29.5. The van der Waals surface area contributed by atoms with Crippen LogP contribution in [0.4, 0.5) is 0 Å². The van der Waals surface area contributed by atoms with E-state index < -0.39 is 18.2 Å². The summed E-state index contributed by atoms with van der Waals surface area (Å²) in [6.07, 6.45) is 53.1. The minimum absolute atomic E-state index is 0.0877. The highest BCUT2D eigenvalue weighted by Crippen LogP contribution is 2.19. The van der Waals surface area contributed by atoms with Gasteiger partial charge in [-0.05, 0) is 25.7 Å². The van der Waals surface area contributed by atoms with Gasteiger partial charge in [-0.15, -0.1) is 0 Å². The highest BCUT2D eigenvalue weighted by molar-refractivity contribution is 5.77. The van der Waals surface area contributed by atoms with Gasteiger partial charge in [-0.25, -0.2) is 0 Å². The first kappa shape index (κ1) is 58.9. The van der Waals surface area contributed by atoms with Gasteiger partial charge in [-0.3, -0.25) is 9.59 Å². The van der Waals surface area contributed by atoms with Crippen LogP contribution in [-0.2, 0) is 14.3 Å². The van der Waals surface area contributed by atoms with Gasteiger partial charge in [0.25, 0.3) is 0 Å². The first-order valence-electron chi connectivity index (χ1n) is 27.3. The van der Waals surface area contributed by atoms with E-state index in [0.717, 1.165) is 38.5 Å². The molecule has 3 unspecified atom stereocenters. The third-order valence-corrected chi connectivity index (χ3v) is 12.9. The van der Waals surface area contributed by atoms with Crippen molar-refractivity contribution in [3.8, 4) is 0 Å². The quantitative estimate of drug-likeness (QED) is 0.0419. The highest BCUT2D eigenvalue weighted by Gasteiger charge is 2.24. The average Bonchev–Trinajstić information content (AvgIpc) is 3.24. The maximum atomic E-state index is 13.2. The second-order valence-electron chi connectivity index (χ2n) is 19.0. The summed E-state index contributed by atoms with van der Waals surface area (Å²) in [4.78, 5) is 26.1.